The van der Waals surface area contributed by atoms with Crippen LogP contribution in [0.15, 0.2) is 53.6 Å². The largest absolute Gasteiger partial charge is 0.451 e. The predicted molar refractivity (Wildman–Crippen MR) is 99.8 cm³/mol. The first-order valence-electron chi connectivity index (χ1n) is 8.51. The summed E-state index contributed by atoms with van der Waals surface area (Å²) >= 11 is 0.935. The molecule has 4 nitrogen and oxygen atoms in total. The molecule has 0 aliphatic heterocycles. The lowest BCUT2D eigenvalue weighted by Crippen LogP contribution is -2.12. The van der Waals surface area contributed by atoms with Gasteiger partial charge in [0.25, 0.3) is 0 Å². The van der Waals surface area contributed by atoms with Gasteiger partial charge in [-0.1, -0.05) is 42.1 Å². The Balaban J connectivity index is 1.81. The van der Waals surface area contributed by atoms with Crippen molar-refractivity contribution >= 4 is 33.7 Å². The summed E-state index contributed by atoms with van der Waals surface area (Å²) in [7, 11) is 0. The monoisotopic (exact) mass is 424 g/mol. The number of fused-ring (bicyclic) bond motifs is 2. The molecule has 0 unspecified atom stereocenters. The number of benzene rings is 2. The van der Waals surface area contributed by atoms with Gasteiger partial charge in [0.15, 0.2) is 0 Å². The maximum atomic E-state index is 13.7. The predicted octanol–water partition coefficient (Wildman–Crippen LogP) is 6.25. The van der Waals surface area contributed by atoms with Gasteiger partial charge in [0.05, 0.1) is 21.8 Å². The van der Waals surface area contributed by atoms with Crippen molar-refractivity contribution in [3.05, 3.63) is 60.2 Å². The normalized spacial score (nSPS) is 13.5. The van der Waals surface area contributed by atoms with E-state index < -0.39 is 23.8 Å². The maximum Gasteiger partial charge on any atom is 0.451 e. The van der Waals surface area contributed by atoms with Gasteiger partial charge in [0.2, 0.25) is 5.82 Å². The third kappa shape index (κ3) is 3.64. The lowest BCUT2D eigenvalue weighted by atomic mass is 10.2. The van der Waals surface area contributed by atoms with Crippen LogP contribution in [0.3, 0.4) is 0 Å². The number of halogens is 5. The SMILES string of the molecule is C[C@@H](Sc1nc(C(F)(F)F)nc2ccccc12)c1nc2ccccc2n1C(F)F. The van der Waals surface area contributed by atoms with Gasteiger partial charge in [0, 0.05) is 5.39 Å². The Morgan fingerprint density at radius 3 is 2.24 bits per heavy atom. The Morgan fingerprint density at radius 1 is 0.897 bits per heavy atom. The van der Waals surface area contributed by atoms with Gasteiger partial charge < -0.3 is 0 Å². The van der Waals surface area contributed by atoms with Gasteiger partial charge in [-0.05, 0) is 25.1 Å². The average Bonchev–Trinajstić information content (AvgIpc) is 3.07. The zero-order chi connectivity index (χ0) is 20.8. The van der Waals surface area contributed by atoms with E-state index in [9.17, 15) is 22.0 Å². The molecular formula is C19H13F5N4S. The second-order valence-electron chi connectivity index (χ2n) is 6.23. The van der Waals surface area contributed by atoms with E-state index in [1.165, 1.54) is 12.1 Å². The molecule has 0 N–H and O–H groups in total. The molecule has 0 spiro atoms. The summed E-state index contributed by atoms with van der Waals surface area (Å²) in [4.78, 5) is 11.5. The van der Waals surface area contributed by atoms with Gasteiger partial charge in [0.1, 0.15) is 10.9 Å². The summed E-state index contributed by atoms with van der Waals surface area (Å²) in [6.45, 7) is -1.23. The van der Waals surface area contributed by atoms with Crippen molar-refractivity contribution in [3.63, 3.8) is 0 Å². The van der Waals surface area contributed by atoms with Crippen LogP contribution in [0, 0.1) is 0 Å². The number of thioether (sulfide) groups is 1. The molecule has 2 heterocycles. The van der Waals surface area contributed by atoms with Gasteiger partial charge >= 0.3 is 12.7 Å². The van der Waals surface area contributed by atoms with Crippen molar-refractivity contribution < 1.29 is 22.0 Å². The molecule has 150 valence electrons. The number of hydrogen-bond donors (Lipinski definition) is 0. The molecule has 0 saturated carbocycles. The maximum absolute atomic E-state index is 13.7. The number of para-hydroxylation sites is 3. The zero-order valence-electron chi connectivity index (χ0n) is 14.9. The fourth-order valence-electron chi connectivity index (χ4n) is 3.04. The highest BCUT2D eigenvalue weighted by atomic mass is 32.2. The molecule has 2 aromatic carbocycles. The van der Waals surface area contributed by atoms with Crippen LogP contribution >= 0.6 is 11.8 Å². The number of aromatic nitrogens is 4. The van der Waals surface area contributed by atoms with E-state index in [2.05, 4.69) is 15.0 Å². The molecule has 29 heavy (non-hydrogen) atoms. The molecule has 0 aliphatic rings. The summed E-state index contributed by atoms with van der Waals surface area (Å²) in [5.41, 5.74) is 0.777. The lowest BCUT2D eigenvalue weighted by Gasteiger charge is -2.15. The summed E-state index contributed by atoms with van der Waals surface area (Å²) in [5, 5.41) is -0.212. The minimum atomic E-state index is -4.72. The summed E-state index contributed by atoms with van der Waals surface area (Å²) < 4.78 is 67.8. The van der Waals surface area contributed by atoms with Crippen molar-refractivity contribution in [2.75, 3.05) is 0 Å². The molecule has 2 aromatic heterocycles. The lowest BCUT2D eigenvalue weighted by molar-refractivity contribution is -0.145. The van der Waals surface area contributed by atoms with Crippen LogP contribution in [0.1, 0.15) is 30.4 Å². The average molecular weight is 424 g/mol. The Hall–Kier alpha value is -2.75. The van der Waals surface area contributed by atoms with E-state index in [0.717, 1.165) is 16.3 Å². The van der Waals surface area contributed by atoms with Gasteiger partial charge in [-0.2, -0.15) is 22.0 Å². The second-order valence-corrected chi connectivity index (χ2v) is 7.56. The minimum Gasteiger partial charge on any atom is -0.269 e. The molecule has 4 rings (SSSR count). The fourth-order valence-corrected chi connectivity index (χ4v) is 4.08. The highest BCUT2D eigenvalue weighted by molar-refractivity contribution is 7.99. The van der Waals surface area contributed by atoms with Crippen LogP contribution in [-0.4, -0.2) is 19.5 Å². The van der Waals surface area contributed by atoms with Crippen molar-refractivity contribution in [2.24, 2.45) is 0 Å². The van der Waals surface area contributed by atoms with Gasteiger partial charge in [-0.25, -0.2) is 15.0 Å². The first kappa shape index (κ1) is 19.6. The topological polar surface area (TPSA) is 43.6 Å². The number of imidazole rings is 1. The van der Waals surface area contributed by atoms with Crippen molar-refractivity contribution in [2.45, 2.75) is 29.9 Å². The zero-order valence-corrected chi connectivity index (χ0v) is 15.7. The fraction of sp³-hybridized carbons (Fsp3) is 0.211. The first-order chi connectivity index (χ1) is 13.8. The van der Waals surface area contributed by atoms with E-state index in [-0.39, 0.29) is 21.9 Å². The van der Waals surface area contributed by atoms with E-state index in [4.69, 9.17) is 0 Å². The van der Waals surface area contributed by atoms with Crippen molar-refractivity contribution in [1.82, 2.24) is 19.5 Å². The number of alkyl halides is 5. The van der Waals surface area contributed by atoms with Gasteiger partial charge in [-0.3, -0.25) is 4.57 Å². The van der Waals surface area contributed by atoms with E-state index in [1.54, 1.807) is 43.3 Å². The highest BCUT2D eigenvalue weighted by Gasteiger charge is 2.36. The van der Waals surface area contributed by atoms with Crippen LogP contribution < -0.4 is 0 Å². The summed E-state index contributed by atoms with van der Waals surface area (Å²) in [5.74, 6) is -1.21. The van der Waals surface area contributed by atoms with Gasteiger partial charge in [-0.15, -0.1) is 0 Å². The molecule has 1 atom stereocenters. The van der Waals surface area contributed by atoms with Crippen LogP contribution in [0.25, 0.3) is 21.9 Å². The summed E-state index contributed by atoms with van der Waals surface area (Å²) in [6, 6.07) is 12.7. The number of nitrogens with zero attached hydrogens (tertiary/aromatic N) is 4. The van der Waals surface area contributed by atoms with E-state index in [1.807, 2.05) is 0 Å². The molecule has 0 saturated heterocycles. The Labute approximate surface area is 165 Å². The third-order valence-corrected chi connectivity index (χ3v) is 5.39. The van der Waals surface area contributed by atoms with Crippen molar-refractivity contribution in [1.29, 1.82) is 0 Å². The molecule has 4 aromatic rings. The molecule has 10 heteroatoms. The molecule has 0 amide bonds. The first-order valence-corrected chi connectivity index (χ1v) is 9.39. The van der Waals surface area contributed by atoms with Crippen LogP contribution in [0.5, 0.6) is 0 Å². The minimum absolute atomic E-state index is 0.0578. The molecule has 0 fully saturated rings. The quantitative estimate of drug-likeness (QED) is 0.221. The third-order valence-electron chi connectivity index (χ3n) is 4.29. The molecular weight excluding hydrogens is 411 g/mol. The Morgan fingerprint density at radius 2 is 1.55 bits per heavy atom. The van der Waals surface area contributed by atoms with Crippen LogP contribution in [0.4, 0.5) is 22.0 Å². The van der Waals surface area contributed by atoms with Crippen molar-refractivity contribution in [3.8, 4) is 0 Å². The van der Waals surface area contributed by atoms with Crippen LogP contribution in [0.2, 0.25) is 0 Å². The molecule has 0 radical (unpaired) electrons. The Bertz CT molecular complexity index is 1190. The van der Waals surface area contributed by atoms with E-state index >= 15 is 0 Å². The standard InChI is InChI=1S/C19H13F5N4S/c1-10(15-25-13-8-4-5-9-14(13)28(15)18(20)21)29-16-11-6-2-3-7-12(11)26-17(27-16)19(22,23)24/h2-10,18H,1H3/t10-/m1/s1. The smallest absolute Gasteiger partial charge is 0.269 e. The highest BCUT2D eigenvalue weighted by Crippen LogP contribution is 2.40. The molecule has 0 aliphatic carbocycles. The second kappa shape index (κ2) is 7.25. The number of rotatable bonds is 4. The Kier molecular flexibility index (Phi) is 4.89. The van der Waals surface area contributed by atoms with E-state index in [0.29, 0.717) is 10.9 Å². The van der Waals surface area contributed by atoms with Crippen LogP contribution in [-0.2, 0) is 6.18 Å². The summed E-state index contributed by atoms with van der Waals surface area (Å²) in [6.07, 6.45) is -4.72. The number of hydrogen-bond acceptors (Lipinski definition) is 4. The molecule has 0 bridgehead atoms.